The average Bonchev–Trinajstić information content (AvgIpc) is 2.80. The number of H-pyrrole nitrogens is 1. The van der Waals surface area contributed by atoms with Crippen LogP contribution in [0.3, 0.4) is 0 Å². The predicted molar refractivity (Wildman–Crippen MR) is 121 cm³/mol. The number of hydrogen-bond donors (Lipinski definition) is 2. The van der Waals surface area contributed by atoms with Crippen LogP contribution in [0.5, 0.6) is 0 Å². The summed E-state index contributed by atoms with van der Waals surface area (Å²) in [5, 5.41) is 3.95. The van der Waals surface area contributed by atoms with Gasteiger partial charge in [0.1, 0.15) is 12.1 Å². The Kier molecular flexibility index (Phi) is 6.13. The molecule has 0 saturated heterocycles. The van der Waals surface area contributed by atoms with Gasteiger partial charge in [0.05, 0.1) is 17.6 Å². The molecule has 2 N–H and O–H groups in total. The molecule has 0 aliphatic heterocycles. The number of benzene rings is 2. The van der Waals surface area contributed by atoms with Gasteiger partial charge in [-0.3, -0.25) is 4.79 Å². The molecule has 0 spiro atoms. The first-order valence-corrected chi connectivity index (χ1v) is 10.2. The normalized spacial score (nSPS) is 11.8. The lowest BCUT2D eigenvalue weighted by Crippen LogP contribution is -2.37. The lowest BCUT2D eigenvalue weighted by Gasteiger charge is -2.30. The second-order valence-corrected chi connectivity index (χ2v) is 7.64. The highest BCUT2D eigenvalue weighted by molar-refractivity contribution is 6.31. The van der Waals surface area contributed by atoms with Gasteiger partial charge < -0.3 is 15.2 Å². The number of carbonyl (C=O) groups is 1. The molecule has 0 aliphatic rings. The number of nitrogens with zero attached hydrogens (tertiary/aromatic N) is 3. The summed E-state index contributed by atoms with van der Waals surface area (Å²) in [6.45, 7) is 2.07. The summed E-state index contributed by atoms with van der Waals surface area (Å²) in [4.78, 5) is 37.9. The van der Waals surface area contributed by atoms with E-state index in [9.17, 15) is 14.0 Å². The minimum atomic E-state index is -0.573. The number of pyridine rings is 1. The van der Waals surface area contributed by atoms with Crippen LogP contribution in [0.25, 0.3) is 10.8 Å². The molecule has 2 amide bonds. The number of halogens is 2. The number of fused-ring (bicyclic) bond motifs is 1. The number of urea groups is 1. The second kappa shape index (κ2) is 9.15. The number of nitrogens with one attached hydrogen (secondary N) is 2. The maximum absolute atomic E-state index is 13.5. The van der Waals surface area contributed by atoms with Crippen molar-refractivity contribution in [2.24, 2.45) is 0 Å². The summed E-state index contributed by atoms with van der Waals surface area (Å²) >= 11 is 5.86. The summed E-state index contributed by atoms with van der Waals surface area (Å²) < 4.78 is 13.5. The molecule has 0 saturated carbocycles. The van der Waals surface area contributed by atoms with E-state index in [0.717, 1.165) is 16.5 Å². The highest BCUT2D eigenvalue weighted by Crippen LogP contribution is 2.28. The van der Waals surface area contributed by atoms with Crippen LogP contribution in [0.4, 0.5) is 14.9 Å². The molecule has 9 heteroatoms. The Morgan fingerprint density at radius 3 is 2.62 bits per heavy atom. The SMILES string of the molecule is C[C@H](c1c[nH]c(=O)c2ccccc12)N(Cc1cncnc1)C(=O)Nc1ccc(F)c(Cl)c1. The van der Waals surface area contributed by atoms with Gasteiger partial charge in [0.2, 0.25) is 0 Å². The molecule has 0 fully saturated rings. The molecule has 0 aliphatic carbocycles. The number of aromatic nitrogens is 3. The Bertz CT molecular complexity index is 1330. The largest absolute Gasteiger partial charge is 0.328 e. The van der Waals surface area contributed by atoms with Gasteiger partial charge in [-0.05, 0) is 42.1 Å². The fourth-order valence-electron chi connectivity index (χ4n) is 3.51. The van der Waals surface area contributed by atoms with Crippen molar-refractivity contribution in [2.45, 2.75) is 19.5 Å². The zero-order chi connectivity index (χ0) is 22.7. The Morgan fingerprint density at radius 1 is 1.19 bits per heavy atom. The van der Waals surface area contributed by atoms with Crippen molar-refractivity contribution in [1.82, 2.24) is 19.9 Å². The monoisotopic (exact) mass is 451 g/mol. The first-order chi connectivity index (χ1) is 15.4. The molecule has 4 rings (SSSR count). The predicted octanol–water partition coefficient (Wildman–Crippen LogP) is 4.91. The van der Waals surface area contributed by atoms with Gasteiger partial charge in [0.15, 0.2) is 0 Å². The summed E-state index contributed by atoms with van der Waals surface area (Å²) in [6, 6.07) is 10.3. The molecule has 2 aromatic heterocycles. The van der Waals surface area contributed by atoms with Crippen LogP contribution in [-0.2, 0) is 6.54 Å². The van der Waals surface area contributed by atoms with E-state index in [4.69, 9.17) is 11.6 Å². The average molecular weight is 452 g/mol. The van der Waals surface area contributed by atoms with Gasteiger partial charge in [-0.15, -0.1) is 0 Å². The summed E-state index contributed by atoms with van der Waals surface area (Å²) in [5.74, 6) is -0.573. The van der Waals surface area contributed by atoms with Crippen LogP contribution in [0.15, 0.2) is 72.2 Å². The lowest BCUT2D eigenvalue weighted by molar-refractivity contribution is 0.189. The third-order valence-corrected chi connectivity index (χ3v) is 5.45. The van der Waals surface area contributed by atoms with E-state index in [0.29, 0.717) is 11.1 Å². The molecule has 2 aromatic carbocycles. The molecule has 7 nitrogen and oxygen atoms in total. The van der Waals surface area contributed by atoms with Crippen molar-refractivity contribution in [3.63, 3.8) is 0 Å². The van der Waals surface area contributed by atoms with Crippen molar-refractivity contribution in [3.05, 3.63) is 99.7 Å². The summed E-state index contributed by atoms with van der Waals surface area (Å²) in [6.07, 6.45) is 6.28. The molecule has 0 radical (unpaired) electrons. The first-order valence-electron chi connectivity index (χ1n) is 9.81. The minimum Gasteiger partial charge on any atom is -0.328 e. The minimum absolute atomic E-state index is 0.0921. The van der Waals surface area contributed by atoms with Gasteiger partial charge in [0.25, 0.3) is 5.56 Å². The highest BCUT2D eigenvalue weighted by Gasteiger charge is 2.24. The van der Waals surface area contributed by atoms with Crippen LogP contribution in [0, 0.1) is 5.82 Å². The van der Waals surface area contributed by atoms with Crippen LogP contribution in [-0.4, -0.2) is 25.9 Å². The van der Waals surface area contributed by atoms with Gasteiger partial charge in [-0.2, -0.15) is 0 Å². The second-order valence-electron chi connectivity index (χ2n) is 7.23. The summed E-state index contributed by atoms with van der Waals surface area (Å²) in [7, 11) is 0. The van der Waals surface area contributed by atoms with Crippen LogP contribution >= 0.6 is 11.6 Å². The molecule has 4 aromatic rings. The number of rotatable bonds is 5. The standard InChI is InChI=1S/C23H19ClFN5O2/c1-14(19-11-28-22(31)18-5-3-2-4-17(18)19)30(12-15-9-26-13-27-10-15)23(32)29-16-6-7-21(25)20(24)8-16/h2-11,13-14H,12H2,1H3,(H,28,31)(H,29,32)/t14-/m1/s1. The third-order valence-electron chi connectivity index (χ3n) is 5.16. The molecule has 0 bridgehead atoms. The van der Waals surface area contributed by atoms with E-state index >= 15 is 0 Å². The van der Waals surface area contributed by atoms with Crippen molar-refractivity contribution >= 4 is 34.1 Å². The topological polar surface area (TPSA) is 91.0 Å². The number of carbonyl (C=O) groups excluding carboxylic acids is 1. The number of aromatic amines is 1. The summed E-state index contributed by atoms with van der Waals surface area (Å²) in [5.41, 5.74) is 1.64. The van der Waals surface area contributed by atoms with Gasteiger partial charge in [0, 0.05) is 35.2 Å². The van der Waals surface area contributed by atoms with E-state index < -0.39 is 17.9 Å². The van der Waals surface area contributed by atoms with E-state index in [1.165, 1.54) is 24.5 Å². The number of anilines is 1. The first kappa shape index (κ1) is 21.5. The van der Waals surface area contributed by atoms with Crippen molar-refractivity contribution in [2.75, 3.05) is 5.32 Å². The van der Waals surface area contributed by atoms with Crippen LogP contribution in [0.1, 0.15) is 24.1 Å². The van der Waals surface area contributed by atoms with Crippen molar-refractivity contribution in [1.29, 1.82) is 0 Å². The fraction of sp³-hybridized carbons (Fsp3) is 0.130. The Labute approximate surface area is 187 Å². The number of hydrogen-bond acceptors (Lipinski definition) is 4. The maximum atomic E-state index is 13.5. The molecule has 1 atom stereocenters. The zero-order valence-electron chi connectivity index (χ0n) is 17.0. The Morgan fingerprint density at radius 2 is 1.91 bits per heavy atom. The molecule has 162 valence electrons. The Hall–Kier alpha value is -3.78. The molecular weight excluding hydrogens is 433 g/mol. The van der Waals surface area contributed by atoms with Crippen molar-refractivity contribution in [3.8, 4) is 0 Å². The molecule has 32 heavy (non-hydrogen) atoms. The van der Waals surface area contributed by atoms with E-state index in [1.807, 2.05) is 19.1 Å². The van der Waals surface area contributed by atoms with E-state index in [-0.39, 0.29) is 17.1 Å². The molecule has 2 heterocycles. The third kappa shape index (κ3) is 4.45. The zero-order valence-corrected chi connectivity index (χ0v) is 17.8. The van der Waals surface area contributed by atoms with Crippen molar-refractivity contribution < 1.29 is 9.18 Å². The Balaban J connectivity index is 1.72. The molecular formula is C23H19ClFN5O2. The van der Waals surface area contributed by atoms with Gasteiger partial charge >= 0.3 is 6.03 Å². The highest BCUT2D eigenvalue weighted by atomic mass is 35.5. The van der Waals surface area contributed by atoms with Gasteiger partial charge in [-0.1, -0.05) is 29.8 Å². The fourth-order valence-corrected chi connectivity index (χ4v) is 3.69. The van der Waals surface area contributed by atoms with Crippen LogP contribution in [0.2, 0.25) is 5.02 Å². The van der Waals surface area contributed by atoms with E-state index in [1.54, 1.807) is 35.6 Å². The smallest absolute Gasteiger partial charge is 0.322 e. The number of amides is 2. The lowest BCUT2D eigenvalue weighted by atomic mass is 10.0. The van der Waals surface area contributed by atoms with Crippen LogP contribution < -0.4 is 10.9 Å². The van der Waals surface area contributed by atoms with Gasteiger partial charge in [-0.25, -0.2) is 19.2 Å². The maximum Gasteiger partial charge on any atom is 0.322 e. The molecule has 0 unspecified atom stereocenters. The quantitative estimate of drug-likeness (QED) is 0.451. The van der Waals surface area contributed by atoms with E-state index in [2.05, 4.69) is 20.3 Å².